The van der Waals surface area contributed by atoms with Crippen molar-refractivity contribution in [2.45, 2.75) is 64.7 Å². The van der Waals surface area contributed by atoms with E-state index in [1.54, 1.807) is 6.21 Å². The lowest BCUT2D eigenvalue weighted by atomic mass is 9.90. The number of nitrogens with one attached hydrogen (secondary N) is 2. The minimum Gasteiger partial charge on any atom is -0.438 e. The number of aromatic nitrogens is 1. The Balaban J connectivity index is 1.65. The van der Waals surface area contributed by atoms with Gasteiger partial charge < -0.3 is 25.0 Å². The van der Waals surface area contributed by atoms with E-state index in [0.29, 0.717) is 32.5 Å². The first-order valence-electron chi connectivity index (χ1n) is 10.0. The van der Waals surface area contributed by atoms with Gasteiger partial charge in [0.25, 0.3) is 0 Å². The fraction of sp³-hybridized carbons (Fsp3) is 0.650. The first-order valence-corrected chi connectivity index (χ1v) is 10.0. The molecule has 0 saturated carbocycles. The highest BCUT2D eigenvalue weighted by Gasteiger charge is 2.53. The second kappa shape index (κ2) is 7.04. The van der Waals surface area contributed by atoms with Crippen LogP contribution in [0.1, 0.15) is 44.9 Å². The molecule has 156 valence electrons. The van der Waals surface area contributed by atoms with Crippen LogP contribution >= 0.6 is 0 Å². The molecule has 2 saturated heterocycles. The van der Waals surface area contributed by atoms with E-state index in [1.165, 1.54) is 4.90 Å². The van der Waals surface area contributed by atoms with E-state index in [4.69, 9.17) is 4.74 Å². The molecule has 2 fully saturated rings. The summed E-state index contributed by atoms with van der Waals surface area (Å²) in [5, 5.41) is 26.6. The van der Waals surface area contributed by atoms with Crippen molar-refractivity contribution < 1.29 is 14.6 Å². The minimum absolute atomic E-state index is 0.0274. The Labute approximate surface area is 170 Å². The van der Waals surface area contributed by atoms with Gasteiger partial charge in [-0.2, -0.15) is 5.26 Å². The van der Waals surface area contributed by atoms with Crippen molar-refractivity contribution in [1.82, 2.24) is 14.8 Å². The number of rotatable bonds is 3. The molecule has 1 amide bonds. The number of aliphatic hydroxyl groups is 1. The van der Waals surface area contributed by atoms with E-state index < -0.39 is 24.1 Å². The Bertz CT molecular complexity index is 872. The fourth-order valence-corrected chi connectivity index (χ4v) is 4.26. The van der Waals surface area contributed by atoms with Gasteiger partial charge in [0, 0.05) is 36.9 Å². The predicted octanol–water partition coefficient (Wildman–Crippen LogP) is 1.62. The number of carbonyl (C=O) groups excluding carboxylic acids is 1. The van der Waals surface area contributed by atoms with E-state index in [0.717, 1.165) is 17.1 Å². The van der Waals surface area contributed by atoms with Crippen molar-refractivity contribution in [1.29, 1.82) is 5.26 Å². The number of carbonyl (C=O) groups is 1. The second-order valence-corrected chi connectivity index (χ2v) is 9.22. The van der Waals surface area contributed by atoms with Gasteiger partial charge in [-0.1, -0.05) is 20.8 Å². The lowest BCUT2D eigenvalue weighted by Crippen LogP contribution is -2.51. The van der Waals surface area contributed by atoms with E-state index >= 15 is 0 Å². The molecular formula is C20H28N6O3. The van der Waals surface area contributed by atoms with Gasteiger partial charge in [0.1, 0.15) is 11.9 Å². The molecule has 3 N–H and O–H groups in total. The molecule has 1 aromatic rings. The molecule has 0 bridgehead atoms. The predicted molar refractivity (Wildman–Crippen MR) is 107 cm³/mol. The number of anilines is 1. The summed E-state index contributed by atoms with van der Waals surface area (Å²) in [6, 6.07) is 4.07. The molecule has 29 heavy (non-hydrogen) atoms. The highest BCUT2D eigenvalue weighted by Crippen LogP contribution is 2.38. The first-order chi connectivity index (χ1) is 13.7. The van der Waals surface area contributed by atoms with Gasteiger partial charge in [-0.05, 0) is 24.6 Å². The lowest BCUT2D eigenvalue weighted by molar-refractivity contribution is -0.0808. The van der Waals surface area contributed by atoms with Crippen molar-refractivity contribution in [3.8, 4) is 6.07 Å². The monoisotopic (exact) mass is 400 g/mol. The molecule has 9 nitrogen and oxygen atoms in total. The zero-order chi connectivity index (χ0) is 20.8. The average Bonchev–Trinajstić information content (AvgIpc) is 3.11. The smallest absolute Gasteiger partial charge is 0.413 e. The molecule has 4 rings (SSSR count). The first kappa shape index (κ1) is 19.7. The number of fused-ring (bicyclic) bond motifs is 1. The number of nitriles is 1. The third-order valence-corrected chi connectivity index (χ3v) is 5.68. The maximum Gasteiger partial charge on any atom is 0.413 e. The van der Waals surface area contributed by atoms with Crippen molar-refractivity contribution in [3.63, 3.8) is 0 Å². The van der Waals surface area contributed by atoms with Crippen LogP contribution in [-0.2, 0) is 17.8 Å². The molecule has 2 unspecified atom stereocenters. The molecule has 0 aromatic carbocycles. The van der Waals surface area contributed by atoms with Gasteiger partial charge in [-0.25, -0.2) is 4.79 Å². The van der Waals surface area contributed by atoms with Crippen LogP contribution in [-0.4, -0.2) is 58.0 Å². The van der Waals surface area contributed by atoms with Gasteiger partial charge in [0.05, 0.1) is 6.54 Å². The third-order valence-electron chi connectivity index (χ3n) is 5.68. The Morgan fingerprint density at radius 2 is 2.14 bits per heavy atom. The Morgan fingerprint density at radius 1 is 1.41 bits per heavy atom. The summed E-state index contributed by atoms with van der Waals surface area (Å²) < 4.78 is 7.75. The number of aliphatic imine (C=N–C) groups is 1. The summed E-state index contributed by atoms with van der Waals surface area (Å²) in [6.07, 6.45) is 0.763. The fourth-order valence-electron chi connectivity index (χ4n) is 4.26. The van der Waals surface area contributed by atoms with Crippen LogP contribution < -0.4 is 10.6 Å². The van der Waals surface area contributed by atoms with E-state index in [2.05, 4.69) is 47.0 Å². The van der Waals surface area contributed by atoms with Gasteiger partial charge in [0.15, 0.2) is 11.8 Å². The Morgan fingerprint density at radius 3 is 2.79 bits per heavy atom. The SMILES string of the molecule is CC(C)(C)Cn1c(CN2C(=O)OC3(CCNCC3)C2O)cc2c1NC(C#N)N=C2. The normalized spacial score (nSPS) is 25.5. The van der Waals surface area contributed by atoms with Crippen molar-refractivity contribution in [3.05, 3.63) is 17.3 Å². The highest BCUT2D eigenvalue weighted by molar-refractivity contribution is 5.89. The van der Waals surface area contributed by atoms with Crippen LogP contribution in [0.2, 0.25) is 0 Å². The van der Waals surface area contributed by atoms with Gasteiger partial charge >= 0.3 is 6.09 Å². The topological polar surface area (TPSA) is 115 Å². The zero-order valence-corrected chi connectivity index (χ0v) is 17.1. The summed E-state index contributed by atoms with van der Waals surface area (Å²) in [7, 11) is 0. The molecule has 2 atom stereocenters. The minimum atomic E-state index is -0.986. The van der Waals surface area contributed by atoms with Crippen LogP contribution in [0.15, 0.2) is 11.1 Å². The molecule has 1 aromatic heterocycles. The summed E-state index contributed by atoms with van der Waals surface area (Å²) >= 11 is 0. The number of hydrogen-bond acceptors (Lipinski definition) is 7. The molecule has 0 radical (unpaired) electrons. The maximum atomic E-state index is 12.6. The van der Waals surface area contributed by atoms with E-state index in [9.17, 15) is 15.2 Å². The maximum absolute atomic E-state index is 12.6. The third kappa shape index (κ3) is 3.58. The average molecular weight is 400 g/mol. The van der Waals surface area contributed by atoms with E-state index in [-0.39, 0.29) is 12.0 Å². The van der Waals surface area contributed by atoms with Gasteiger partial charge in [-0.15, -0.1) is 0 Å². The largest absolute Gasteiger partial charge is 0.438 e. The highest BCUT2D eigenvalue weighted by atomic mass is 16.6. The summed E-state index contributed by atoms with van der Waals surface area (Å²) in [5.74, 6) is 0.815. The van der Waals surface area contributed by atoms with Crippen LogP contribution in [0.5, 0.6) is 0 Å². The van der Waals surface area contributed by atoms with Crippen molar-refractivity contribution >= 4 is 18.1 Å². The van der Waals surface area contributed by atoms with Crippen LogP contribution in [0.3, 0.4) is 0 Å². The Kier molecular flexibility index (Phi) is 4.79. The quantitative estimate of drug-likeness (QED) is 0.710. The molecule has 1 spiro atoms. The zero-order valence-electron chi connectivity index (χ0n) is 17.1. The van der Waals surface area contributed by atoms with Crippen molar-refractivity contribution in [2.75, 3.05) is 18.4 Å². The van der Waals surface area contributed by atoms with Crippen molar-refractivity contribution in [2.24, 2.45) is 10.4 Å². The number of ether oxygens (including phenoxy) is 1. The van der Waals surface area contributed by atoms with E-state index in [1.807, 2.05) is 6.07 Å². The molecule has 9 heteroatoms. The lowest BCUT2D eigenvalue weighted by Gasteiger charge is -2.35. The number of hydrogen-bond donors (Lipinski definition) is 3. The van der Waals surface area contributed by atoms with Crippen LogP contribution in [0, 0.1) is 16.7 Å². The second-order valence-electron chi connectivity index (χ2n) is 9.22. The van der Waals surface area contributed by atoms with Crippen LogP contribution in [0.4, 0.5) is 10.6 Å². The number of aliphatic hydroxyl groups excluding tert-OH is 1. The van der Waals surface area contributed by atoms with Gasteiger partial charge in [0.2, 0.25) is 6.17 Å². The molecule has 0 aliphatic carbocycles. The summed E-state index contributed by atoms with van der Waals surface area (Å²) in [5.41, 5.74) is 0.869. The molecule has 3 aliphatic rings. The number of amides is 1. The summed E-state index contributed by atoms with van der Waals surface area (Å²) in [6.45, 7) is 8.72. The summed E-state index contributed by atoms with van der Waals surface area (Å²) in [4.78, 5) is 18.2. The molecule has 4 heterocycles. The van der Waals surface area contributed by atoms with Crippen LogP contribution in [0.25, 0.3) is 0 Å². The molecular weight excluding hydrogens is 372 g/mol. The number of nitrogens with zero attached hydrogens (tertiary/aromatic N) is 4. The van der Waals surface area contributed by atoms with Gasteiger partial charge in [-0.3, -0.25) is 9.89 Å². The molecule has 3 aliphatic heterocycles. The Hall–Kier alpha value is -2.57. The standard InChI is InChI=1S/C20H28N6O3/c1-19(2,3)12-26-14(8-13-10-23-15(9-21)24-16(13)26)11-25-17(27)20(29-18(25)28)4-6-22-7-5-20/h8,10,15,17,22,24,27H,4-7,11-12H2,1-3H3. The number of piperidine rings is 1.